The summed E-state index contributed by atoms with van der Waals surface area (Å²) in [5, 5.41) is 7.98. The molecule has 2 aliphatic heterocycles. The Morgan fingerprint density at radius 3 is 2.52 bits per heavy atom. The van der Waals surface area contributed by atoms with Crippen molar-refractivity contribution >= 4 is 40.1 Å². The molecule has 1 aromatic heterocycles. The van der Waals surface area contributed by atoms with Crippen molar-refractivity contribution in [2.24, 2.45) is 28.2 Å². The summed E-state index contributed by atoms with van der Waals surface area (Å²) in [6, 6.07) is 13.9. The fraction of sp³-hybridized carbons (Fsp3) is 0.579. The van der Waals surface area contributed by atoms with E-state index in [0.29, 0.717) is 52.2 Å². The monoisotopic (exact) mass is 671 g/mol. The SMILES string of the molecule is C[C@@H]1[C@@H](N=C(Nc2ccc3c(=O)n(CCc4ccc(Cl)cc4)c(C4CCN(C)CC4)nc3c2)N2CC(=O)N[C@@H](C)C2)C[C@@H]2C[C@H]1C2(C)C. The maximum absolute atomic E-state index is 14.2. The number of aliphatic imine (C=N–C) groups is 1. The topological polar surface area (TPSA) is 94.9 Å². The van der Waals surface area contributed by atoms with Gasteiger partial charge < -0.3 is 20.4 Å². The molecule has 3 saturated carbocycles. The predicted molar refractivity (Wildman–Crippen MR) is 194 cm³/mol. The summed E-state index contributed by atoms with van der Waals surface area (Å²) in [7, 11) is 2.15. The van der Waals surface area contributed by atoms with Gasteiger partial charge in [-0.15, -0.1) is 0 Å². The Morgan fingerprint density at radius 1 is 1.08 bits per heavy atom. The summed E-state index contributed by atoms with van der Waals surface area (Å²) in [6.07, 6.45) is 5.03. The molecule has 48 heavy (non-hydrogen) atoms. The first kappa shape index (κ1) is 33.1. The van der Waals surface area contributed by atoms with E-state index in [9.17, 15) is 9.59 Å². The number of benzene rings is 2. The van der Waals surface area contributed by atoms with Crippen LogP contribution in [-0.2, 0) is 17.8 Å². The normalized spacial score (nSPS) is 27.9. The molecule has 3 heterocycles. The van der Waals surface area contributed by atoms with Crippen LogP contribution in [0.4, 0.5) is 5.69 Å². The third kappa shape index (κ3) is 6.48. The molecule has 10 heteroatoms. The Hall–Kier alpha value is -3.43. The van der Waals surface area contributed by atoms with Gasteiger partial charge in [0.15, 0.2) is 5.96 Å². The minimum atomic E-state index is 0.00253. The molecule has 5 atom stereocenters. The standard InChI is InChI=1S/C38H50ClN7O2/c1-23-21-45(22-34(47)40-23)37(43-32-19-27-18-31(24(32)2)38(27,3)4)41-29-10-11-30-33(20-29)42-35(26-13-15-44(5)16-14-26)46(36(30)48)17-12-25-6-8-28(39)9-7-25/h6-11,20,23-24,26-27,31-32H,12-19,21-22H2,1-5H3,(H,40,47)(H,41,43)/t23-,24-,27-,31+,32-/m0/s1. The molecular formula is C38H50ClN7O2. The highest BCUT2D eigenvalue weighted by atomic mass is 35.5. The van der Waals surface area contributed by atoms with Crippen molar-refractivity contribution in [3.05, 3.63) is 69.2 Å². The number of nitrogens with zero attached hydrogens (tertiary/aromatic N) is 5. The average Bonchev–Trinajstić information content (AvgIpc) is 3.05. The van der Waals surface area contributed by atoms with Gasteiger partial charge >= 0.3 is 0 Å². The van der Waals surface area contributed by atoms with E-state index >= 15 is 0 Å². The van der Waals surface area contributed by atoms with Gasteiger partial charge in [-0.05, 0) is 118 Å². The van der Waals surface area contributed by atoms with Crippen LogP contribution in [0, 0.1) is 23.2 Å². The van der Waals surface area contributed by atoms with E-state index in [4.69, 9.17) is 21.6 Å². The summed E-state index contributed by atoms with van der Waals surface area (Å²) in [5.41, 5.74) is 3.04. The Morgan fingerprint density at radius 2 is 1.83 bits per heavy atom. The highest BCUT2D eigenvalue weighted by Crippen LogP contribution is 2.61. The molecule has 2 saturated heterocycles. The van der Waals surface area contributed by atoms with Gasteiger partial charge in [0, 0.05) is 35.8 Å². The van der Waals surface area contributed by atoms with Crippen LogP contribution in [0.2, 0.25) is 5.02 Å². The van der Waals surface area contributed by atoms with E-state index in [-0.39, 0.29) is 36.0 Å². The van der Waals surface area contributed by atoms with Crippen molar-refractivity contribution in [2.75, 3.05) is 38.5 Å². The number of amides is 1. The van der Waals surface area contributed by atoms with Gasteiger partial charge in [-0.2, -0.15) is 0 Å². The first-order chi connectivity index (χ1) is 23.0. The molecule has 0 radical (unpaired) electrons. The molecule has 5 fully saturated rings. The molecule has 8 rings (SSSR count). The van der Waals surface area contributed by atoms with Gasteiger partial charge in [-0.25, -0.2) is 9.98 Å². The lowest BCUT2D eigenvalue weighted by atomic mass is 9.45. The van der Waals surface area contributed by atoms with Crippen molar-refractivity contribution in [3.63, 3.8) is 0 Å². The third-order valence-corrected chi connectivity index (χ3v) is 12.3. The average molecular weight is 672 g/mol. The molecule has 2 bridgehead atoms. The molecule has 5 aliphatic rings. The number of carbonyl (C=O) groups is 1. The van der Waals surface area contributed by atoms with Gasteiger partial charge in [0.25, 0.3) is 5.56 Å². The quantitative estimate of drug-likeness (QED) is 0.256. The Kier molecular flexibility index (Phi) is 9.04. The van der Waals surface area contributed by atoms with Crippen molar-refractivity contribution < 1.29 is 4.79 Å². The van der Waals surface area contributed by atoms with Gasteiger partial charge in [0.1, 0.15) is 5.82 Å². The molecule has 256 valence electrons. The van der Waals surface area contributed by atoms with Crippen LogP contribution in [0.3, 0.4) is 0 Å². The second kappa shape index (κ2) is 13.1. The zero-order chi connectivity index (χ0) is 33.7. The maximum atomic E-state index is 14.2. The van der Waals surface area contributed by atoms with Crippen molar-refractivity contribution in [3.8, 4) is 0 Å². The molecule has 0 unspecified atom stereocenters. The minimum absolute atomic E-state index is 0.00253. The zero-order valence-corrected chi connectivity index (χ0v) is 29.8. The van der Waals surface area contributed by atoms with E-state index in [1.165, 1.54) is 6.42 Å². The van der Waals surface area contributed by atoms with Crippen molar-refractivity contribution in [1.29, 1.82) is 0 Å². The highest BCUT2D eigenvalue weighted by molar-refractivity contribution is 6.30. The first-order valence-electron chi connectivity index (χ1n) is 17.8. The molecule has 1 amide bonds. The van der Waals surface area contributed by atoms with Crippen LogP contribution in [0.15, 0.2) is 52.3 Å². The largest absolute Gasteiger partial charge is 0.350 e. The lowest BCUT2D eigenvalue weighted by molar-refractivity contribution is -0.124. The number of likely N-dealkylation sites (tertiary alicyclic amines) is 1. The number of aryl methyl sites for hydroxylation is 1. The Labute approximate surface area is 289 Å². The van der Waals surface area contributed by atoms with Gasteiger partial charge in [0.2, 0.25) is 5.91 Å². The van der Waals surface area contributed by atoms with E-state index < -0.39 is 0 Å². The summed E-state index contributed by atoms with van der Waals surface area (Å²) in [6.45, 7) is 12.7. The van der Waals surface area contributed by atoms with Crippen LogP contribution < -0.4 is 16.2 Å². The number of carbonyl (C=O) groups excluding carboxylic acids is 1. The van der Waals surface area contributed by atoms with E-state index in [0.717, 1.165) is 61.8 Å². The van der Waals surface area contributed by atoms with Gasteiger partial charge in [-0.3, -0.25) is 14.2 Å². The number of anilines is 1. The fourth-order valence-electron chi connectivity index (χ4n) is 8.87. The number of rotatable bonds is 6. The van der Waals surface area contributed by atoms with Crippen LogP contribution in [0.5, 0.6) is 0 Å². The number of fused-ring (bicyclic) bond motifs is 3. The minimum Gasteiger partial charge on any atom is -0.350 e. The predicted octanol–water partition coefficient (Wildman–Crippen LogP) is 5.76. The lowest BCUT2D eigenvalue weighted by Gasteiger charge is -2.61. The molecule has 3 aliphatic carbocycles. The van der Waals surface area contributed by atoms with Crippen LogP contribution >= 0.6 is 11.6 Å². The smallest absolute Gasteiger partial charge is 0.261 e. The third-order valence-electron chi connectivity index (χ3n) is 12.0. The van der Waals surface area contributed by atoms with Gasteiger partial charge in [-0.1, -0.05) is 44.5 Å². The number of guanidine groups is 1. The number of hydrogen-bond acceptors (Lipinski definition) is 5. The molecule has 9 nitrogen and oxygen atoms in total. The number of piperazine rings is 1. The Balaban J connectivity index is 1.22. The number of piperidine rings is 1. The zero-order valence-electron chi connectivity index (χ0n) is 29.0. The molecule has 2 N–H and O–H groups in total. The maximum Gasteiger partial charge on any atom is 0.261 e. The number of nitrogens with one attached hydrogen (secondary N) is 2. The van der Waals surface area contributed by atoms with E-state index in [1.807, 2.05) is 54.0 Å². The molecule has 0 spiro atoms. The molecule has 3 aromatic rings. The summed E-state index contributed by atoms with van der Waals surface area (Å²) < 4.78 is 1.91. The number of hydrogen-bond donors (Lipinski definition) is 2. The van der Waals surface area contributed by atoms with E-state index in [1.54, 1.807) is 0 Å². The van der Waals surface area contributed by atoms with Crippen LogP contribution in [0.25, 0.3) is 10.9 Å². The molecule has 2 aromatic carbocycles. The fourth-order valence-corrected chi connectivity index (χ4v) is 9.00. The summed E-state index contributed by atoms with van der Waals surface area (Å²) in [4.78, 5) is 41.9. The van der Waals surface area contributed by atoms with Crippen molar-refractivity contribution in [1.82, 2.24) is 24.7 Å². The number of aromatic nitrogens is 2. The summed E-state index contributed by atoms with van der Waals surface area (Å²) in [5.74, 6) is 3.65. The Bertz CT molecular complexity index is 1760. The molecular weight excluding hydrogens is 622 g/mol. The van der Waals surface area contributed by atoms with Gasteiger partial charge in [0.05, 0.1) is 23.5 Å². The summed E-state index contributed by atoms with van der Waals surface area (Å²) >= 11 is 6.13. The van der Waals surface area contributed by atoms with E-state index in [2.05, 4.69) is 48.3 Å². The van der Waals surface area contributed by atoms with Crippen LogP contribution in [0.1, 0.15) is 70.7 Å². The second-order valence-electron chi connectivity index (χ2n) is 15.6. The van der Waals surface area contributed by atoms with Crippen LogP contribution in [-0.4, -0.2) is 76.5 Å². The van der Waals surface area contributed by atoms with Crippen molar-refractivity contribution in [2.45, 2.75) is 84.3 Å². The first-order valence-corrected chi connectivity index (χ1v) is 18.2. The second-order valence-corrected chi connectivity index (χ2v) is 16.0. The lowest BCUT2D eigenvalue weighted by Crippen LogP contribution is -2.58. The number of halogens is 1. The highest BCUT2D eigenvalue weighted by Gasteiger charge is 2.56.